The summed E-state index contributed by atoms with van der Waals surface area (Å²) >= 11 is 0. The standard InChI is InChI=1S/C16H18F2N2O3/c17-13-2-1-3-14(18)12(13)4-5-15(21)19-7-6-16(22)20-8-10-23-11-9-20/h1-5H,6-11H2,(H,19,21)/b5-4+. The van der Waals surface area contributed by atoms with Crippen LogP contribution in [0.3, 0.4) is 0 Å². The summed E-state index contributed by atoms with van der Waals surface area (Å²) in [5.74, 6) is -2.05. The molecule has 1 aromatic carbocycles. The van der Waals surface area contributed by atoms with E-state index in [2.05, 4.69) is 5.32 Å². The molecule has 1 fully saturated rings. The fourth-order valence-corrected chi connectivity index (χ4v) is 2.15. The van der Waals surface area contributed by atoms with Gasteiger partial charge in [0, 0.05) is 37.7 Å². The summed E-state index contributed by atoms with van der Waals surface area (Å²) in [6.45, 7) is 2.32. The maximum atomic E-state index is 13.4. The Morgan fingerprint density at radius 2 is 1.87 bits per heavy atom. The quantitative estimate of drug-likeness (QED) is 0.832. The van der Waals surface area contributed by atoms with Crippen LogP contribution in [0.5, 0.6) is 0 Å². The third-order valence-electron chi connectivity index (χ3n) is 3.40. The topological polar surface area (TPSA) is 58.6 Å². The number of nitrogens with one attached hydrogen (secondary N) is 1. The minimum absolute atomic E-state index is 0.0577. The number of hydrogen-bond acceptors (Lipinski definition) is 3. The summed E-state index contributed by atoms with van der Waals surface area (Å²) < 4.78 is 31.9. The lowest BCUT2D eigenvalue weighted by Crippen LogP contribution is -2.41. The number of carbonyl (C=O) groups is 2. The third-order valence-corrected chi connectivity index (χ3v) is 3.40. The molecule has 1 heterocycles. The number of nitrogens with zero attached hydrogens (tertiary/aromatic N) is 1. The minimum atomic E-state index is -0.739. The zero-order valence-corrected chi connectivity index (χ0v) is 12.6. The molecule has 1 aliphatic heterocycles. The first-order chi connectivity index (χ1) is 11.1. The number of benzene rings is 1. The highest BCUT2D eigenvalue weighted by Gasteiger charge is 2.16. The van der Waals surface area contributed by atoms with Crippen molar-refractivity contribution in [3.63, 3.8) is 0 Å². The Bertz CT molecular complexity index is 579. The predicted molar refractivity (Wildman–Crippen MR) is 80.4 cm³/mol. The van der Waals surface area contributed by atoms with E-state index in [1.54, 1.807) is 4.90 Å². The SMILES string of the molecule is O=C(/C=C/c1c(F)cccc1F)NCCC(=O)N1CCOCC1. The van der Waals surface area contributed by atoms with Gasteiger partial charge in [-0.3, -0.25) is 9.59 Å². The van der Waals surface area contributed by atoms with Crippen LogP contribution in [0.25, 0.3) is 6.08 Å². The van der Waals surface area contributed by atoms with E-state index in [-0.39, 0.29) is 24.4 Å². The zero-order chi connectivity index (χ0) is 16.7. The lowest BCUT2D eigenvalue weighted by Gasteiger charge is -2.26. The molecule has 124 valence electrons. The first-order valence-electron chi connectivity index (χ1n) is 7.33. The van der Waals surface area contributed by atoms with Crippen molar-refractivity contribution in [3.05, 3.63) is 41.5 Å². The van der Waals surface area contributed by atoms with Gasteiger partial charge in [0.1, 0.15) is 11.6 Å². The summed E-state index contributed by atoms with van der Waals surface area (Å²) in [4.78, 5) is 25.1. The molecule has 1 aliphatic rings. The van der Waals surface area contributed by atoms with Gasteiger partial charge in [-0.05, 0) is 18.2 Å². The highest BCUT2D eigenvalue weighted by atomic mass is 19.1. The number of ether oxygens (including phenoxy) is 1. The molecule has 23 heavy (non-hydrogen) atoms. The van der Waals surface area contributed by atoms with Gasteiger partial charge in [0.05, 0.1) is 13.2 Å². The number of amides is 2. The minimum Gasteiger partial charge on any atom is -0.378 e. The second-order valence-electron chi connectivity index (χ2n) is 5.00. The van der Waals surface area contributed by atoms with Crippen molar-refractivity contribution in [2.24, 2.45) is 0 Å². The fraction of sp³-hybridized carbons (Fsp3) is 0.375. The molecule has 0 bridgehead atoms. The van der Waals surface area contributed by atoms with Crippen molar-refractivity contribution in [3.8, 4) is 0 Å². The van der Waals surface area contributed by atoms with Gasteiger partial charge in [0.15, 0.2) is 0 Å². The average Bonchev–Trinajstić information content (AvgIpc) is 2.55. The Balaban J connectivity index is 1.76. The number of carbonyl (C=O) groups excluding carboxylic acids is 2. The fourth-order valence-electron chi connectivity index (χ4n) is 2.15. The molecule has 0 aliphatic carbocycles. The van der Waals surface area contributed by atoms with Gasteiger partial charge in [-0.2, -0.15) is 0 Å². The Labute approximate surface area is 132 Å². The van der Waals surface area contributed by atoms with Crippen LogP contribution in [0.2, 0.25) is 0 Å². The van der Waals surface area contributed by atoms with Gasteiger partial charge in [-0.25, -0.2) is 8.78 Å². The Morgan fingerprint density at radius 1 is 1.22 bits per heavy atom. The van der Waals surface area contributed by atoms with Crippen LogP contribution in [0.1, 0.15) is 12.0 Å². The van der Waals surface area contributed by atoms with E-state index in [1.807, 2.05) is 0 Å². The van der Waals surface area contributed by atoms with Crippen LogP contribution in [0, 0.1) is 11.6 Å². The average molecular weight is 324 g/mol. The molecule has 1 aromatic rings. The largest absolute Gasteiger partial charge is 0.378 e. The van der Waals surface area contributed by atoms with E-state index in [0.29, 0.717) is 26.3 Å². The van der Waals surface area contributed by atoms with Crippen molar-refractivity contribution in [2.75, 3.05) is 32.8 Å². The summed E-state index contributed by atoms with van der Waals surface area (Å²) in [5.41, 5.74) is -0.271. The monoisotopic (exact) mass is 324 g/mol. The van der Waals surface area contributed by atoms with E-state index >= 15 is 0 Å². The van der Waals surface area contributed by atoms with Crippen molar-refractivity contribution >= 4 is 17.9 Å². The van der Waals surface area contributed by atoms with Gasteiger partial charge in [0.2, 0.25) is 11.8 Å². The summed E-state index contributed by atoms with van der Waals surface area (Å²) in [5, 5.41) is 2.51. The van der Waals surface area contributed by atoms with E-state index in [0.717, 1.165) is 24.3 Å². The normalized spacial score (nSPS) is 15.0. The lowest BCUT2D eigenvalue weighted by molar-refractivity contribution is -0.135. The Kier molecular flexibility index (Phi) is 6.22. The molecule has 5 nitrogen and oxygen atoms in total. The molecule has 1 saturated heterocycles. The molecule has 1 N–H and O–H groups in total. The molecule has 0 unspecified atom stereocenters. The molecule has 0 saturated carbocycles. The van der Waals surface area contributed by atoms with Gasteiger partial charge < -0.3 is 15.0 Å². The lowest BCUT2D eigenvalue weighted by atomic mass is 10.2. The number of morpholine rings is 1. The number of hydrogen-bond donors (Lipinski definition) is 1. The Hall–Kier alpha value is -2.28. The van der Waals surface area contributed by atoms with Gasteiger partial charge in [0.25, 0.3) is 0 Å². The molecule has 0 aromatic heterocycles. The molecule has 0 spiro atoms. The first kappa shape index (κ1) is 17.1. The molecule has 2 rings (SSSR count). The zero-order valence-electron chi connectivity index (χ0n) is 12.6. The number of halogens is 2. The third kappa shape index (κ3) is 5.14. The van der Waals surface area contributed by atoms with Crippen molar-refractivity contribution in [2.45, 2.75) is 6.42 Å². The molecule has 0 atom stereocenters. The maximum Gasteiger partial charge on any atom is 0.244 e. The highest BCUT2D eigenvalue weighted by Crippen LogP contribution is 2.13. The second-order valence-corrected chi connectivity index (χ2v) is 5.00. The van der Waals surface area contributed by atoms with Crippen molar-refractivity contribution < 1.29 is 23.1 Å². The van der Waals surface area contributed by atoms with Crippen LogP contribution in [-0.2, 0) is 14.3 Å². The number of rotatable bonds is 5. The second kappa shape index (κ2) is 8.38. The van der Waals surface area contributed by atoms with E-state index in [1.165, 1.54) is 6.07 Å². The van der Waals surface area contributed by atoms with Crippen molar-refractivity contribution in [1.82, 2.24) is 10.2 Å². The van der Waals surface area contributed by atoms with E-state index in [9.17, 15) is 18.4 Å². The predicted octanol–water partition coefficient (Wildman–Crippen LogP) is 1.34. The van der Waals surface area contributed by atoms with E-state index < -0.39 is 17.5 Å². The van der Waals surface area contributed by atoms with Crippen LogP contribution in [-0.4, -0.2) is 49.6 Å². The molecular formula is C16H18F2N2O3. The van der Waals surface area contributed by atoms with Crippen LogP contribution in [0.15, 0.2) is 24.3 Å². The first-order valence-corrected chi connectivity index (χ1v) is 7.33. The van der Waals surface area contributed by atoms with E-state index in [4.69, 9.17) is 4.74 Å². The van der Waals surface area contributed by atoms with Gasteiger partial charge >= 0.3 is 0 Å². The Morgan fingerprint density at radius 3 is 2.52 bits per heavy atom. The smallest absolute Gasteiger partial charge is 0.244 e. The molecule has 7 heteroatoms. The van der Waals surface area contributed by atoms with Crippen LogP contribution in [0.4, 0.5) is 8.78 Å². The molecule has 0 radical (unpaired) electrons. The maximum absolute atomic E-state index is 13.4. The molecular weight excluding hydrogens is 306 g/mol. The highest BCUT2D eigenvalue weighted by molar-refractivity contribution is 5.92. The van der Waals surface area contributed by atoms with Crippen LogP contribution >= 0.6 is 0 Å². The van der Waals surface area contributed by atoms with Gasteiger partial charge in [-0.1, -0.05) is 6.07 Å². The van der Waals surface area contributed by atoms with Gasteiger partial charge in [-0.15, -0.1) is 0 Å². The summed E-state index contributed by atoms with van der Waals surface area (Å²) in [7, 11) is 0. The summed E-state index contributed by atoms with van der Waals surface area (Å²) in [6.07, 6.45) is 2.29. The molecule has 2 amide bonds. The van der Waals surface area contributed by atoms with Crippen LogP contribution < -0.4 is 5.32 Å². The van der Waals surface area contributed by atoms with Crippen molar-refractivity contribution in [1.29, 1.82) is 0 Å². The summed E-state index contributed by atoms with van der Waals surface area (Å²) in [6, 6.07) is 3.47.